The third-order valence-electron chi connectivity index (χ3n) is 2.81. The van der Waals surface area contributed by atoms with E-state index in [1.54, 1.807) is 18.5 Å². The van der Waals surface area contributed by atoms with Crippen molar-refractivity contribution in [2.75, 3.05) is 0 Å². The molecule has 0 aliphatic heterocycles. The summed E-state index contributed by atoms with van der Waals surface area (Å²) in [7, 11) is 0. The number of benzene rings is 1. The molecule has 0 saturated heterocycles. The predicted molar refractivity (Wildman–Crippen MR) is 67.8 cm³/mol. The second-order valence-corrected chi connectivity index (χ2v) is 3.93. The van der Waals surface area contributed by atoms with E-state index in [1.165, 1.54) is 22.0 Å². The summed E-state index contributed by atoms with van der Waals surface area (Å²) in [5.74, 6) is -0.0941. The van der Waals surface area contributed by atoms with Crippen molar-refractivity contribution >= 4 is 12.0 Å². The van der Waals surface area contributed by atoms with Crippen molar-refractivity contribution in [3.63, 3.8) is 0 Å². The molecule has 0 unspecified atom stereocenters. The standard InChI is InChI=1S/C14H14N2O/c1-11-4-3-5-13(12(11)2)6-7-14(17)16-9-8-15-10-16/h3-10H,1-2H3/b7-6+. The van der Waals surface area contributed by atoms with Crippen molar-refractivity contribution in [1.82, 2.24) is 9.55 Å². The molecule has 1 aromatic heterocycles. The van der Waals surface area contributed by atoms with Crippen LogP contribution < -0.4 is 0 Å². The minimum atomic E-state index is -0.0941. The number of aromatic nitrogens is 2. The SMILES string of the molecule is Cc1cccc(/C=C/C(=O)n2ccnc2)c1C. The minimum absolute atomic E-state index is 0.0941. The van der Waals surface area contributed by atoms with Gasteiger partial charge in [0.25, 0.3) is 5.91 Å². The zero-order valence-corrected chi connectivity index (χ0v) is 9.92. The molecule has 3 heteroatoms. The molecule has 17 heavy (non-hydrogen) atoms. The van der Waals surface area contributed by atoms with Crippen molar-refractivity contribution in [2.24, 2.45) is 0 Å². The Morgan fingerprint density at radius 2 is 2.18 bits per heavy atom. The Kier molecular flexibility index (Phi) is 3.19. The molecular weight excluding hydrogens is 212 g/mol. The van der Waals surface area contributed by atoms with Crippen molar-refractivity contribution in [3.05, 3.63) is 59.7 Å². The normalized spacial score (nSPS) is 10.9. The Bertz CT molecular complexity index is 554. The van der Waals surface area contributed by atoms with Crippen LogP contribution in [0.25, 0.3) is 6.08 Å². The zero-order chi connectivity index (χ0) is 12.3. The van der Waals surface area contributed by atoms with Gasteiger partial charge in [-0.3, -0.25) is 9.36 Å². The number of nitrogens with zero attached hydrogens (tertiary/aromatic N) is 2. The first kappa shape index (κ1) is 11.3. The molecule has 0 amide bonds. The van der Waals surface area contributed by atoms with Crippen LogP contribution in [0.15, 0.2) is 43.0 Å². The van der Waals surface area contributed by atoms with E-state index in [-0.39, 0.29) is 5.91 Å². The number of allylic oxidation sites excluding steroid dienone is 1. The fraction of sp³-hybridized carbons (Fsp3) is 0.143. The van der Waals surface area contributed by atoms with Crippen LogP contribution in [0.3, 0.4) is 0 Å². The monoisotopic (exact) mass is 226 g/mol. The third-order valence-corrected chi connectivity index (χ3v) is 2.81. The summed E-state index contributed by atoms with van der Waals surface area (Å²) in [4.78, 5) is 15.5. The summed E-state index contributed by atoms with van der Waals surface area (Å²) >= 11 is 0. The highest BCUT2D eigenvalue weighted by Crippen LogP contribution is 2.14. The fourth-order valence-corrected chi connectivity index (χ4v) is 1.59. The van der Waals surface area contributed by atoms with Gasteiger partial charge < -0.3 is 0 Å². The lowest BCUT2D eigenvalue weighted by molar-refractivity contribution is 0.0969. The fourth-order valence-electron chi connectivity index (χ4n) is 1.59. The average molecular weight is 226 g/mol. The molecule has 0 aliphatic rings. The molecule has 1 heterocycles. The summed E-state index contributed by atoms with van der Waals surface area (Å²) in [6.07, 6.45) is 8.11. The van der Waals surface area contributed by atoms with Gasteiger partial charge in [0.1, 0.15) is 6.33 Å². The number of aryl methyl sites for hydroxylation is 1. The number of imidazole rings is 1. The first-order chi connectivity index (χ1) is 8.18. The van der Waals surface area contributed by atoms with Gasteiger partial charge in [-0.25, -0.2) is 4.98 Å². The Morgan fingerprint density at radius 3 is 2.88 bits per heavy atom. The predicted octanol–water partition coefficient (Wildman–Crippen LogP) is 2.85. The number of hydrogen-bond donors (Lipinski definition) is 0. The first-order valence-corrected chi connectivity index (χ1v) is 5.45. The van der Waals surface area contributed by atoms with Gasteiger partial charge in [0.15, 0.2) is 0 Å². The first-order valence-electron chi connectivity index (χ1n) is 5.45. The molecular formula is C14H14N2O. The Labute approximate surface area is 100 Å². The second kappa shape index (κ2) is 4.78. The lowest BCUT2D eigenvalue weighted by atomic mass is 10.0. The molecule has 3 nitrogen and oxygen atoms in total. The van der Waals surface area contributed by atoms with Gasteiger partial charge in [-0.2, -0.15) is 0 Å². The van der Waals surface area contributed by atoms with Crippen LogP contribution in [-0.2, 0) is 0 Å². The van der Waals surface area contributed by atoms with Crippen LogP contribution in [0.2, 0.25) is 0 Å². The Morgan fingerprint density at radius 1 is 1.35 bits per heavy atom. The van der Waals surface area contributed by atoms with E-state index in [1.807, 2.05) is 18.2 Å². The third kappa shape index (κ3) is 2.50. The smallest absolute Gasteiger partial charge is 0.255 e. The average Bonchev–Trinajstić information content (AvgIpc) is 2.84. The van der Waals surface area contributed by atoms with Crippen molar-refractivity contribution < 1.29 is 4.79 Å². The van der Waals surface area contributed by atoms with Crippen LogP contribution in [-0.4, -0.2) is 15.5 Å². The summed E-state index contributed by atoms with van der Waals surface area (Å²) in [6.45, 7) is 4.11. The Balaban J connectivity index is 2.21. The van der Waals surface area contributed by atoms with E-state index in [4.69, 9.17) is 0 Å². The lowest BCUT2D eigenvalue weighted by Gasteiger charge is -2.03. The maximum atomic E-state index is 11.7. The zero-order valence-electron chi connectivity index (χ0n) is 9.92. The van der Waals surface area contributed by atoms with Gasteiger partial charge in [-0.1, -0.05) is 18.2 Å². The van der Waals surface area contributed by atoms with Gasteiger partial charge in [-0.15, -0.1) is 0 Å². The molecule has 0 N–H and O–H groups in total. The molecule has 2 rings (SSSR count). The molecule has 0 atom stereocenters. The highest BCUT2D eigenvalue weighted by molar-refractivity contribution is 5.93. The lowest BCUT2D eigenvalue weighted by Crippen LogP contribution is -2.03. The molecule has 86 valence electrons. The number of carbonyl (C=O) groups is 1. The number of carbonyl (C=O) groups excluding carboxylic acids is 1. The van der Waals surface area contributed by atoms with Crippen LogP contribution in [0.4, 0.5) is 0 Å². The summed E-state index contributed by atoms with van der Waals surface area (Å²) < 4.78 is 1.45. The van der Waals surface area contributed by atoms with Crippen molar-refractivity contribution in [2.45, 2.75) is 13.8 Å². The van der Waals surface area contributed by atoms with Crippen LogP contribution in [0.5, 0.6) is 0 Å². The van der Waals surface area contributed by atoms with Gasteiger partial charge in [-0.05, 0) is 36.6 Å². The van der Waals surface area contributed by atoms with Gasteiger partial charge in [0.05, 0.1) is 0 Å². The summed E-state index contributed by atoms with van der Waals surface area (Å²) in [5, 5.41) is 0. The van der Waals surface area contributed by atoms with Gasteiger partial charge in [0, 0.05) is 18.5 Å². The van der Waals surface area contributed by atoms with E-state index < -0.39 is 0 Å². The van der Waals surface area contributed by atoms with Crippen LogP contribution in [0.1, 0.15) is 21.5 Å². The molecule has 2 aromatic rings. The summed E-state index contributed by atoms with van der Waals surface area (Å²) in [6, 6.07) is 6.05. The maximum Gasteiger partial charge on any atom is 0.255 e. The minimum Gasteiger partial charge on any atom is -0.273 e. The van der Waals surface area contributed by atoms with Crippen LogP contribution in [0, 0.1) is 13.8 Å². The van der Waals surface area contributed by atoms with Gasteiger partial charge in [0.2, 0.25) is 0 Å². The maximum absolute atomic E-state index is 11.7. The van der Waals surface area contributed by atoms with Crippen molar-refractivity contribution in [3.8, 4) is 0 Å². The number of rotatable bonds is 2. The largest absolute Gasteiger partial charge is 0.273 e. The quantitative estimate of drug-likeness (QED) is 0.738. The molecule has 0 saturated carbocycles. The molecule has 0 fully saturated rings. The van der Waals surface area contributed by atoms with Crippen molar-refractivity contribution in [1.29, 1.82) is 0 Å². The molecule has 0 spiro atoms. The van der Waals surface area contributed by atoms with Gasteiger partial charge >= 0.3 is 0 Å². The van der Waals surface area contributed by atoms with E-state index in [0.29, 0.717) is 0 Å². The van der Waals surface area contributed by atoms with E-state index >= 15 is 0 Å². The Hall–Kier alpha value is -2.16. The molecule has 1 aromatic carbocycles. The molecule has 0 bridgehead atoms. The summed E-state index contributed by atoms with van der Waals surface area (Å²) in [5.41, 5.74) is 3.49. The second-order valence-electron chi connectivity index (χ2n) is 3.93. The van der Waals surface area contributed by atoms with E-state index in [2.05, 4.69) is 24.9 Å². The topological polar surface area (TPSA) is 34.9 Å². The molecule has 0 aliphatic carbocycles. The van der Waals surface area contributed by atoms with E-state index in [0.717, 1.165) is 5.56 Å². The highest BCUT2D eigenvalue weighted by atomic mass is 16.1. The number of hydrogen-bond acceptors (Lipinski definition) is 2. The molecule has 0 radical (unpaired) electrons. The van der Waals surface area contributed by atoms with Crippen LogP contribution >= 0.6 is 0 Å². The highest BCUT2D eigenvalue weighted by Gasteiger charge is 2.00. The van der Waals surface area contributed by atoms with E-state index in [9.17, 15) is 4.79 Å².